The van der Waals surface area contributed by atoms with Crippen molar-refractivity contribution in [2.45, 2.75) is 25.7 Å². The predicted octanol–water partition coefficient (Wildman–Crippen LogP) is 3.33. The van der Waals surface area contributed by atoms with Crippen LogP contribution in [0.1, 0.15) is 24.8 Å². The van der Waals surface area contributed by atoms with E-state index in [1.165, 1.54) is 6.07 Å². The van der Waals surface area contributed by atoms with E-state index >= 15 is 0 Å². The quantitative estimate of drug-likeness (QED) is 0.702. The van der Waals surface area contributed by atoms with Gasteiger partial charge >= 0.3 is 0 Å². The number of rotatable bonds is 8. The van der Waals surface area contributed by atoms with E-state index in [2.05, 4.69) is 10.2 Å². The summed E-state index contributed by atoms with van der Waals surface area (Å²) in [5.74, 6) is 0.330. The average molecular weight is 428 g/mol. The number of benzene rings is 2. The van der Waals surface area contributed by atoms with Crippen molar-refractivity contribution in [3.63, 3.8) is 0 Å². The number of amides is 2. The van der Waals surface area contributed by atoms with Crippen LogP contribution in [0.3, 0.4) is 0 Å². The standard InChI is InChI=1S/C24H30FN3O3/c1-31-20-10-7-19(8-11-20)9-12-24(30)28-15-4-14-27(17-18-28)16-13-23(29)26-22-6-3-2-5-21(22)25/h2-3,5-8,10-11H,4,9,12-18H2,1H3,(H,26,29). The Morgan fingerprint density at radius 3 is 2.52 bits per heavy atom. The summed E-state index contributed by atoms with van der Waals surface area (Å²) in [5.41, 5.74) is 1.32. The Labute approximate surface area is 183 Å². The third-order valence-electron chi connectivity index (χ3n) is 5.53. The number of nitrogens with one attached hydrogen (secondary N) is 1. The monoisotopic (exact) mass is 427 g/mol. The van der Waals surface area contributed by atoms with Gasteiger partial charge in [-0.2, -0.15) is 0 Å². The van der Waals surface area contributed by atoms with Crippen molar-refractivity contribution in [1.82, 2.24) is 9.80 Å². The molecule has 1 aliphatic rings. The van der Waals surface area contributed by atoms with Crippen LogP contribution in [0, 0.1) is 5.82 Å². The van der Waals surface area contributed by atoms with Gasteiger partial charge in [-0.3, -0.25) is 9.59 Å². The molecule has 1 fully saturated rings. The summed E-state index contributed by atoms with van der Waals surface area (Å²) in [4.78, 5) is 28.9. The first-order valence-corrected chi connectivity index (χ1v) is 10.7. The number of hydrogen-bond acceptors (Lipinski definition) is 4. The van der Waals surface area contributed by atoms with Crippen molar-refractivity contribution < 1.29 is 18.7 Å². The predicted molar refractivity (Wildman–Crippen MR) is 119 cm³/mol. The fourth-order valence-corrected chi connectivity index (χ4v) is 3.68. The fraction of sp³-hybridized carbons (Fsp3) is 0.417. The van der Waals surface area contributed by atoms with Gasteiger partial charge in [0.2, 0.25) is 11.8 Å². The third-order valence-corrected chi connectivity index (χ3v) is 5.53. The van der Waals surface area contributed by atoms with Crippen LogP contribution in [0.4, 0.5) is 10.1 Å². The lowest BCUT2D eigenvalue weighted by atomic mass is 10.1. The van der Waals surface area contributed by atoms with Gasteiger partial charge < -0.3 is 19.9 Å². The van der Waals surface area contributed by atoms with E-state index in [0.717, 1.165) is 37.4 Å². The van der Waals surface area contributed by atoms with E-state index in [0.29, 0.717) is 32.4 Å². The maximum Gasteiger partial charge on any atom is 0.225 e. The van der Waals surface area contributed by atoms with Crippen LogP contribution in [-0.4, -0.2) is 61.4 Å². The lowest BCUT2D eigenvalue weighted by Crippen LogP contribution is -2.36. The fourth-order valence-electron chi connectivity index (χ4n) is 3.68. The minimum absolute atomic E-state index is 0.162. The normalized spacial score (nSPS) is 14.7. The molecule has 2 amide bonds. The smallest absolute Gasteiger partial charge is 0.225 e. The van der Waals surface area contributed by atoms with Gasteiger partial charge in [-0.15, -0.1) is 0 Å². The molecule has 2 aromatic rings. The first-order valence-electron chi connectivity index (χ1n) is 10.7. The van der Waals surface area contributed by atoms with Crippen LogP contribution < -0.4 is 10.1 Å². The van der Waals surface area contributed by atoms with Crippen LogP contribution in [0.2, 0.25) is 0 Å². The highest BCUT2D eigenvalue weighted by Crippen LogP contribution is 2.15. The highest BCUT2D eigenvalue weighted by molar-refractivity contribution is 5.90. The Kier molecular flexibility index (Phi) is 8.41. The summed E-state index contributed by atoms with van der Waals surface area (Å²) >= 11 is 0. The number of carbonyl (C=O) groups excluding carboxylic acids is 2. The van der Waals surface area contributed by atoms with Crippen molar-refractivity contribution in [3.05, 3.63) is 59.9 Å². The number of para-hydroxylation sites is 1. The molecule has 1 saturated heterocycles. The molecule has 0 radical (unpaired) electrons. The second kappa shape index (κ2) is 11.5. The molecule has 0 aliphatic carbocycles. The minimum atomic E-state index is -0.436. The van der Waals surface area contributed by atoms with Crippen molar-refractivity contribution in [3.8, 4) is 5.75 Å². The molecule has 31 heavy (non-hydrogen) atoms. The summed E-state index contributed by atoms with van der Waals surface area (Å²) in [6.07, 6.45) is 2.36. The lowest BCUT2D eigenvalue weighted by molar-refractivity contribution is -0.131. The summed E-state index contributed by atoms with van der Waals surface area (Å²) in [7, 11) is 1.64. The highest BCUT2D eigenvalue weighted by atomic mass is 19.1. The topological polar surface area (TPSA) is 61.9 Å². The van der Waals surface area contributed by atoms with Crippen molar-refractivity contribution in [2.75, 3.05) is 45.2 Å². The van der Waals surface area contributed by atoms with Crippen LogP contribution in [-0.2, 0) is 16.0 Å². The maximum atomic E-state index is 13.7. The van der Waals surface area contributed by atoms with Crippen molar-refractivity contribution in [2.24, 2.45) is 0 Å². The average Bonchev–Trinajstić information content (AvgIpc) is 3.04. The molecule has 0 unspecified atom stereocenters. The molecule has 0 atom stereocenters. The van der Waals surface area contributed by atoms with E-state index < -0.39 is 5.82 Å². The number of halogens is 1. The molecular weight excluding hydrogens is 397 g/mol. The summed E-state index contributed by atoms with van der Waals surface area (Å²) in [5, 5.41) is 2.62. The van der Waals surface area contributed by atoms with Crippen LogP contribution >= 0.6 is 0 Å². The molecule has 0 spiro atoms. The lowest BCUT2D eigenvalue weighted by Gasteiger charge is -2.22. The largest absolute Gasteiger partial charge is 0.497 e. The summed E-state index contributed by atoms with van der Waals surface area (Å²) in [6, 6.07) is 13.9. The number of anilines is 1. The summed E-state index contributed by atoms with van der Waals surface area (Å²) in [6.45, 7) is 3.57. The second-order valence-electron chi connectivity index (χ2n) is 7.70. The molecule has 166 valence electrons. The Hall–Kier alpha value is -2.93. The van der Waals surface area contributed by atoms with Gasteiger partial charge in [-0.05, 0) is 49.2 Å². The third kappa shape index (κ3) is 7.07. The second-order valence-corrected chi connectivity index (χ2v) is 7.70. The van der Waals surface area contributed by atoms with Crippen LogP contribution in [0.15, 0.2) is 48.5 Å². The van der Waals surface area contributed by atoms with Gasteiger partial charge in [0, 0.05) is 39.0 Å². The van der Waals surface area contributed by atoms with Crippen molar-refractivity contribution in [1.29, 1.82) is 0 Å². The van der Waals surface area contributed by atoms with Gasteiger partial charge in [0.05, 0.1) is 12.8 Å². The molecule has 1 aliphatic heterocycles. The molecule has 2 aromatic carbocycles. The van der Waals surface area contributed by atoms with Crippen LogP contribution in [0.5, 0.6) is 5.75 Å². The zero-order chi connectivity index (χ0) is 22.1. The molecule has 6 nitrogen and oxygen atoms in total. The number of carbonyl (C=O) groups is 2. The van der Waals surface area contributed by atoms with Crippen molar-refractivity contribution >= 4 is 17.5 Å². The Bertz CT molecular complexity index is 873. The van der Waals surface area contributed by atoms with Gasteiger partial charge in [0.1, 0.15) is 11.6 Å². The van der Waals surface area contributed by atoms with E-state index in [4.69, 9.17) is 4.74 Å². The van der Waals surface area contributed by atoms with Gasteiger partial charge in [-0.1, -0.05) is 24.3 Å². The minimum Gasteiger partial charge on any atom is -0.497 e. The number of ether oxygens (including phenoxy) is 1. The van der Waals surface area contributed by atoms with Gasteiger partial charge in [0.25, 0.3) is 0 Å². The van der Waals surface area contributed by atoms with Gasteiger partial charge in [0.15, 0.2) is 0 Å². The number of methoxy groups -OCH3 is 1. The van der Waals surface area contributed by atoms with E-state index in [1.807, 2.05) is 29.2 Å². The van der Waals surface area contributed by atoms with E-state index in [1.54, 1.807) is 25.3 Å². The molecule has 1 N–H and O–H groups in total. The molecule has 0 bridgehead atoms. The summed E-state index contributed by atoms with van der Waals surface area (Å²) < 4.78 is 18.8. The number of hydrogen-bond donors (Lipinski definition) is 1. The molecule has 3 rings (SSSR count). The SMILES string of the molecule is COc1ccc(CCC(=O)N2CCCN(CCC(=O)Nc3ccccc3F)CC2)cc1. The Morgan fingerprint density at radius 1 is 1.00 bits per heavy atom. The first-order chi connectivity index (χ1) is 15.0. The molecule has 7 heteroatoms. The Balaban J connectivity index is 1.39. The maximum absolute atomic E-state index is 13.7. The van der Waals surface area contributed by atoms with E-state index in [-0.39, 0.29) is 17.5 Å². The zero-order valence-electron chi connectivity index (χ0n) is 18.0. The van der Waals surface area contributed by atoms with Gasteiger partial charge in [-0.25, -0.2) is 4.39 Å². The molecular formula is C24H30FN3O3. The highest BCUT2D eigenvalue weighted by Gasteiger charge is 2.19. The Morgan fingerprint density at radius 2 is 1.77 bits per heavy atom. The molecule has 1 heterocycles. The first kappa shape index (κ1) is 22.7. The molecule has 0 aromatic heterocycles. The zero-order valence-corrected chi connectivity index (χ0v) is 18.0. The van der Waals surface area contributed by atoms with Crippen LogP contribution in [0.25, 0.3) is 0 Å². The number of nitrogens with zero attached hydrogens (tertiary/aromatic N) is 2. The molecule has 0 saturated carbocycles. The number of aryl methyl sites for hydroxylation is 1. The van der Waals surface area contributed by atoms with E-state index in [9.17, 15) is 14.0 Å².